The minimum Gasteiger partial charge on any atom is -0.480 e. The van der Waals surface area contributed by atoms with E-state index in [2.05, 4.69) is 25.9 Å². The number of aromatic amines is 1. The Hall–Kier alpha value is -3.03. The lowest BCUT2D eigenvalue weighted by molar-refractivity contribution is -0.142. The van der Waals surface area contributed by atoms with Crippen LogP contribution in [0.5, 0.6) is 0 Å². The highest BCUT2D eigenvalue weighted by Gasteiger charge is 2.30. The topological polar surface area (TPSA) is 226 Å². The number of carbonyl (C=O) groups excluding carboxylic acids is 3. The van der Waals surface area contributed by atoms with Crippen molar-refractivity contribution in [2.45, 2.75) is 70.1 Å². The van der Waals surface area contributed by atoms with Crippen molar-refractivity contribution in [1.29, 1.82) is 0 Å². The summed E-state index contributed by atoms with van der Waals surface area (Å²) in [5, 5.41) is 26.4. The molecule has 0 spiro atoms. The maximum Gasteiger partial charge on any atom is 0.326 e. The van der Waals surface area contributed by atoms with Gasteiger partial charge in [-0.25, -0.2) is 9.78 Å². The molecule has 10 N–H and O–H groups in total. The fraction of sp³-hybridized carbons (Fsp3) is 0.667. The molecule has 0 aliphatic heterocycles. The third kappa shape index (κ3) is 9.45. The van der Waals surface area contributed by atoms with Gasteiger partial charge in [0.15, 0.2) is 0 Å². The number of nitrogens with two attached hydrogens (primary N) is 2. The molecule has 192 valence electrons. The standard InChI is InChI=1S/C21H37N7O6/c1-3-12(2)17(23)20(32)26-14(6-4-5-7-22)18(30)28-16(10-29)19(31)27-15(21(33)34)8-13-9-24-11-25-13/h9,11-12,14-17,29H,3-8,10,22-23H2,1-2H3,(H,24,25)(H,26,32)(H,27,31)(H,28,30)(H,33,34). The van der Waals surface area contributed by atoms with Crippen molar-refractivity contribution in [3.8, 4) is 0 Å². The van der Waals surface area contributed by atoms with E-state index in [1.54, 1.807) is 0 Å². The molecule has 34 heavy (non-hydrogen) atoms. The minimum atomic E-state index is -1.42. The molecule has 1 aromatic heterocycles. The number of nitrogens with one attached hydrogen (secondary N) is 4. The van der Waals surface area contributed by atoms with E-state index in [0.717, 1.165) is 0 Å². The van der Waals surface area contributed by atoms with Gasteiger partial charge in [-0.2, -0.15) is 0 Å². The number of hydrogen-bond donors (Lipinski definition) is 8. The number of unbranched alkanes of at least 4 members (excludes halogenated alkanes) is 1. The summed E-state index contributed by atoms with van der Waals surface area (Å²) in [4.78, 5) is 56.1. The first-order valence-corrected chi connectivity index (χ1v) is 11.3. The normalized spacial score (nSPS) is 15.4. The SMILES string of the molecule is CCC(C)C(N)C(=O)NC(CCCCN)C(=O)NC(CO)C(=O)NC(Cc1cnc[nH]1)C(=O)O. The average Bonchev–Trinajstić information content (AvgIpc) is 3.33. The van der Waals surface area contributed by atoms with Gasteiger partial charge in [0, 0.05) is 18.3 Å². The van der Waals surface area contributed by atoms with E-state index in [1.165, 1.54) is 12.5 Å². The van der Waals surface area contributed by atoms with Gasteiger partial charge in [0.1, 0.15) is 18.1 Å². The monoisotopic (exact) mass is 483 g/mol. The van der Waals surface area contributed by atoms with E-state index < -0.39 is 54.5 Å². The number of hydrogen-bond acceptors (Lipinski definition) is 8. The number of aromatic nitrogens is 2. The van der Waals surface area contributed by atoms with Gasteiger partial charge in [0.05, 0.1) is 19.0 Å². The molecule has 0 aliphatic carbocycles. The van der Waals surface area contributed by atoms with Crippen molar-refractivity contribution in [2.75, 3.05) is 13.2 Å². The zero-order valence-corrected chi connectivity index (χ0v) is 19.6. The Morgan fingerprint density at radius 1 is 1.06 bits per heavy atom. The molecule has 5 unspecified atom stereocenters. The molecule has 3 amide bonds. The number of aliphatic hydroxyl groups excluding tert-OH is 1. The van der Waals surface area contributed by atoms with E-state index in [0.29, 0.717) is 31.5 Å². The highest BCUT2D eigenvalue weighted by atomic mass is 16.4. The molecular weight excluding hydrogens is 446 g/mol. The van der Waals surface area contributed by atoms with Crippen LogP contribution < -0.4 is 27.4 Å². The van der Waals surface area contributed by atoms with Crippen molar-refractivity contribution >= 4 is 23.7 Å². The summed E-state index contributed by atoms with van der Waals surface area (Å²) in [6.07, 6.45) is 4.81. The van der Waals surface area contributed by atoms with Crippen molar-refractivity contribution < 1.29 is 29.4 Å². The number of rotatable bonds is 16. The molecule has 0 bridgehead atoms. The Morgan fingerprint density at radius 2 is 1.68 bits per heavy atom. The largest absolute Gasteiger partial charge is 0.480 e. The van der Waals surface area contributed by atoms with Gasteiger partial charge in [0.2, 0.25) is 17.7 Å². The Morgan fingerprint density at radius 3 is 2.21 bits per heavy atom. The summed E-state index contributed by atoms with van der Waals surface area (Å²) in [5.74, 6) is -3.48. The Labute approximate surface area is 198 Å². The number of carboxylic acid groups (broad SMARTS) is 1. The van der Waals surface area contributed by atoms with E-state index in [9.17, 15) is 29.4 Å². The zero-order valence-electron chi connectivity index (χ0n) is 19.6. The van der Waals surface area contributed by atoms with Crippen LogP contribution in [0.3, 0.4) is 0 Å². The molecule has 0 aromatic carbocycles. The smallest absolute Gasteiger partial charge is 0.326 e. The van der Waals surface area contributed by atoms with Crippen LogP contribution in [0.15, 0.2) is 12.5 Å². The predicted octanol–water partition coefficient (Wildman–Crippen LogP) is -2.01. The number of carboxylic acids is 1. The van der Waals surface area contributed by atoms with Crippen molar-refractivity contribution in [1.82, 2.24) is 25.9 Å². The van der Waals surface area contributed by atoms with Gasteiger partial charge in [-0.15, -0.1) is 0 Å². The number of nitrogens with zero attached hydrogens (tertiary/aromatic N) is 1. The number of H-pyrrole nitrogens is 1. The second-order valence-electron chi connectivity index (χ2n) is 8.18. The first-order chi connectivity index (χ1) is 16.1. The average molecular weight is 484 g/mol. The molecule has 13 nitrogen and oxygen atoms in total. The zero-order chi connectivity index (χ0) is 25.7. The van der Waals surface area contributed by atoms with Crippen LogP contribution in [-0.4, -0.2) is 81.2 Å². The summed E-state index contributed by atoms with van der Waals surface area (Å²) in [6, 6.07) is -4.55. The molecule has 1 rings (SSSR count). The van der Waals surface area contributed by atoms with E-state index in [4.69, 9.17) is 11.5 Å². The Kier molecular flexibility index (Phi) is 12.8. The Balaban J connectivity index is 2.85. The van der Waals surface area contributed by atoms with Crippen LogP contribution in [0.2, 0.25) is 0 Å². The van der Waals surface area contributed by atoms with Crippen LogP contribution in [0.25, 0.3) is 0 Å². The van der Waals surface area contributed by atoms with Gasteiger partial charge < -0.3 is 42.6 Å². The van der Waals surface area contributed by atoms with Gasteiger partial charge in [-0.1, -0.05) is 20.3 Å². The van der Waals surface area contributed by atoms with Crippen molar-refractivity contribution in [2.24, 2.45) is 17.4 Å². The number of aliphatic carboxylic acids is 1. The van der Waals surface area contributed by atoms with Gasteiger partial charge in [0.25, 0.3) is 0 Å². The maximum absolute atomic E-state index is 12.9. The van der Waals surface area contributed by atoms with Crippen LogP contribution in [0, 0.1) is 5.92 Å². The molecule has 0 saturated carbocycles. The first kappa shape index (κ1) is 29.0. The molecular formula is C21H37N7O6. The lowest BCUT2D eigenvalue weighted by atomic mass is 9.98. The highest BCUT2D eigenvalue weighted by molar-refractivity contribution is 5.94. The van der Waals surface area contributed by atoms with Gasteiger partial charge in [-0.05, 0) is 31.7 Å². The summed E-state index contributed by atoms with van der Waals surface area (Å²) >= 11 is 0. The molecule has 1 heterocycles. The number of imidazole rings is 1. The third-order valence-electron chi connectivity index (χ3n) is 5.55. The van der Waals surface area contributed by atoms with Crippen LogP contribution in [0.1, 0.15) is 45.2 Å². The first-order valence-electron chi connectivity index (χ1n) is 11.3. The van der Waals surface area contributed by atoms with Crippen LogP contribution in [0.4, 0.5) is 0 Å². The molecule has 1 aromatic rings. The van der Waals surface area contributed by atoms with Gasteiger partial charge >= 0.3 is 5.97 Å². The molecule has 13 heteroatoms. The van der Waals surface area contributed by atoms with Crippen molar-refractivity contribution in [3.05, 3.63) is 18.2 Å². The second kappa shape index (κ2) is 15.0. The number of aliphatic hydroxyl groups is 1. The van der Waals surface area contributed by atoms with Crippen LogP contribution >= 0.6 is 0 Å². The molecule has 0 radical (unpaired) electrons. The van der Waals surface area contributed by atoms with E-state index in [1.807, 2.05) is 13.8 Å². The molecule has 0 fully saturated rings. The fourth-order valence-corrected chi connectivity index (χ4v) is 3.10. The predicted molar refractivity (Wildman–Crippen MR) is 123 cm³/mol. The summed E-state index contributed by atoms with van der Waals surface area (Å²) < 4.78 is 0. The van der Waals surface area contributed by atoms with Crippen molar-refractivity contribution in [3.63, 3.8) is 0 Å². The van der Waals surface area contributed by atoms with Crippen LogP contribution in [-0.2, 0) is 25.6 Å². The summed E-state index contributed by atoms with van der Waals surface area (Å²) in [6.45, 7) is 3.35. The molecule has 0 aliphatic rings. The maximum atomic E-state index is 12.9. The lowest BCUT2D eigenvalue weighted by Crippen LogP contribution is -2.58. The van der Waals surface area contributed by atoms with E-state index >= 15 is 0 Å². The Bertz CT molecular complexity index is 789. The lowest BCUT2D eigenvalue weighted by Gasteiger charge is -2.25. The second-order valence-corrected chi connectivity index (χ2v) is 8.18. The quantitative estimate of drug-likeness (QED) is 0.121. The minimum absolute atomic E-state index is 0.0710. The third-order valence-corrected chi connectivity index (χ3v) is 5.55. The number of amides is 3. The summed E-state index contributed by atoms with van der Waals surface area (Å²) in [5.41, 5.74) is 12.0. The fourth-order valence-electron chi connectivity index (χ4n) is 3.10. The number of carbonyl (C=O) groups is 4. The molecule has 0 saturated heterocycles. The van der Waals surface area contributed by atoms with Gasteiger partial charge in [-0.3, -0.25) is 14.4 Å². The molecule has 5 atom stereocenters. The van der Waals surface area contributed by atoms with E-state index in [-0.39, 0.29) is 18.8 Å². The highest BCUT2D eigenvalue weighted by Crippen LogP contribution is 2.08. The summed E-state index contributed by atoms with van der Waals surface area (Å²) in [7, 11) is 0.